The summed E-state index contributed by atoms with van der Waals surface area (Å²) in [6.45, 7) is 10.2. The van der Waals surface area contributed by atoms with Crippen LogP contribution in [0.2, 0.25) is 0 Å². The molecule has 0 aliphatic rings. The van der Waals surface area contributed by atoms with E-state index < -0.39 is 0 Å². The summed E-state index contributed by atoms with van der Waals surface area (Å²) in [6, 6.07) is 7.03. The maximum absolute atomic E-state index is 5.63. The lowest BCUT2D eigenvalue weighted by Gasteiger charge is -2.26. The topological polar surface area (TPSA) is 29.3 Å². The van der Waals surface area contributed by atoms with Gasteiger partial charge in [-0.2, -0.15) is 0 Å². The molecule has 0 amide bonds. The van der Waals surface area contributed by atoms with E-state index in [-0.39, 0.29) is 0 Å². The monoisotopic (exact) mass is 250 g/mol. The molecular weight excluding hydrogens is 228 g/mol. The van der Waals surface area contributed by atoms with Gasteiger partial charge in [0.2, 0.25) is 0 Å². The minimum Gasteiger partial charge on any atom is -0.392 e. The van der Waals surface area contributed by atoms with Crippen molar-refractivity contribution in [3.63, 3.8) is 0 Å². The van der Waals surface area contributed by atoms with Crippen molar-refractivity contribution < 1.29 is 0 Å². The van der Waals surface area contributed by atoms with Gasteiger partial charge in [0, 0.05) is 19.1 Å². The summed E-state index contributed by atoms with van der Waals surface area (Å²) in [5.41, 5.74) is 9.61. The van der Waals surface area contributed by atoms with E-state index in [9.17, 15) is 0 Å². The van der Waals surface area contributed by atoms with E-state index >= 15 is 0 Å². The molecule has 1 aromatic carbocycles. The van der Waals surface area contributed by atoms with Crippen molar-refractivity contribution in [2.24, 2.45) is 5.73 Å². The van der Waals surface area contributed by atoms with Crippen molar-refractivity contribution in [1.82, 2.24) is 4.90 Å². The van der Waals surface area contributed by atoms with E-state index in [1.807, 2.05) is 0 Å². The summed E-state index contributed by atoms with van der Waals surface area (Å²) >= 11 is 4.99. The average molecular weight is 250 g/mol. The maximum atomic E-state index is 5.63. The van der Waals surface area contributed by atoms with Crippen LogP contribution in [0.5, 0.6) is 0 Å². The lowest BCUT2D eigenvalue weighted by atomic mass is 10.1. The largest absolute Gasteiger partial charge is 0.392 e. The molecule has 2 N–H and O–H groups in total. The van der Waals surface area contributed by atoms with Gasteiger partial charge in [-0.05, 0) is 44.4 Å². The third kappa shape index (κ3) is 4.44. The Morgan fingerprint density at radius 3 is 2.41 bits per heavy atom. The van der Waals surface area contributed by atoms with Crippen LogP contribution in [0.4, 0.5) is 0 Å². The van der Waals surface area contributed by atoms with Crippen LogP contribution < -0.4 is 5.73 Å². The van der Waals surface area contributed by atoms with Gasteiger partial charge in [-0.3, -0.25) is 4.90 Å². The predicted molar refractivity (Wildman–Crippen MR) is 78.2 cm³/mol. The summed E-state index contributed by atoms with van der Waals surface area (Å²) in [5, 5.41) is 0. The van der Waals surface area contributed by atoms with Crippen molar-refractivity contribution in [2.75, 3.05) is 6.54 Å². The Kier molecular flexibility index (Phi) is 5.09. The second kappa shape index (κ2) is 6.12. The SMILES string of the molecule is Cc1ccc(CN(CC(N)=S)C(C)C)cc1C. The molecule has 0 unspecified atom stereocenters. The number of rotatable bonds is 5. The normalized spacial score (nSPS) is 11.2. The van der Waals surface area contributed by atoms with Crippen molar-refractivity contribution in [1.29, 1.82) is 0 Å². The lowest BCUT2D eigenvalue weighted by Crippen LogP contribution is -2.37. The van der Waals surface area contributed by atoms with E-state index in [1.165, 1.54) is 16.7 Å². The molecule has 1 rings (SSSR count). The Morgan fingerprint density at radius 2 is 1.94 bits per heavy atom. The zero-order chi connectivity index (χ0) is 13.0. The fourth-order valence-electron chi connectivity index (χ4n) is 1.76. The Labute approximate surface area is 110 Å². The second-order valence-electron chi connectivity index (χ2n) is 4.88. The van der Waals surface area contributed by atoms with Crippen LogP contribution in [-0.2, 0) is 6.54 Å². The highest BCUT2D eigenvalue weighted by Crippen LogP contribution is 2.13. The molecule has 1 aromatic rings. The molecule has 0 bridgehead atoms. The first-order chi connectivity index (χ1) is 7.90. The van der Waals surface area contributed by atoms with Crippen LogP contribution in [0.25, 0.3) is 0 Å². The maximum Gasteiger partial charge on any atom is 0.0870 e. The van der Waals surface area contributed by atoms with Gasteiger partial charge in [0.25, 0.3) is 0 Å². The molecule has 0 saturated heterocycles. The predicted octanol–water partition coefficient (Wildman–Crippen LogP) is 2.80. The number of hydrogen-bond donors (Lipinski definition) is 1. The zero-order valence-electron chi connectivity index (χ0n) is 11.2. The van der Waals surface area contributed by atoms with E-state index in [1.54, 1.807) is 0 Å². The molecule has 0 fully saturated rings. The number of nitrogens with zero attached hydrogens (tertiary/aromatic N) is 1. The zero-order valence-corrected chi connectivity index (χ0v) is 12.0. The molecule has 0 aromatic heterocycles. The van der Waals surface area contributed by atoms with Gasteiger partial charge in [0.05, 0.1) is 4.99 Å². The number of hydrogen-bond acceptors (Lipinski definition) is 2. The highest BCUT2D eigenvalue weighted by Gasteiger charge is 2.11. The van der Waals surface area contributed by atoms with Crippen molar-refractivity contribution in [3.8, 4) is 0 Å². The molecule has 0 aliphatic heterocycles. The molecule has 0 radical (unpaired) electrons. The van der Waals surface area contributed by atoms with Gasteiger partial charge in [0.15, 0.2) is 0 Å². The average Bonchev–Trinajstić information content (AvgIpc) is 2.21. The smallest absolute Gasteiger partial charge is 0.0870 e. The van der Waals surface area contributed by atoms with Gasteiger partial charge in [-0.15, -0.1) is 0 Å². The van der Waals surface area contributed by atoms with Gasteiger partial charge in [0.1, 0.15) is 0 Å². The van der Waals surface area contributed by atoms with Gasteiger partial charge >= 0.3 is 0 Å². The summed E-state index contributed by atoms with van der Waals surface area (Å²) in [5.74, 6) is 0. The van der Waals surface area contributed by atoms with Gasteiger partial charge in [-0.25, -0.2) is 0 Å². The molecule has 3 heteroatoms. The fourth-order valence-corrected chi connectivity index (χ4v) is 1.92. The third-order valence-electron chi connectivity index (χ3n) is 3.05. The third-order valence-corrected chi connectivity index (χ3v) is 3.18. The highest BCUT2D eigenvalue weighted by molar-refractivity contribution is 7.80. The van der Waals surface area contributed by atoms with Crippen LogP contribution >= 0.6 is 12.2 Å². The molecule has 0 heterocycles. The van der Waals surface area contributed by atoms with Gasteiger partial charge < -0.3 is 5.73 Å². The Balaban J connectivity index is 2.78. The Morgan fingerprint density at radius 1 is 1.29 bits per heavy atom. The standard InChI is InChI=1S/C14H22N2S/c1-10(2)16(9-14(15)17)8-13-6-5-11(3)12(4)7-13/h5-7,10H,8-9H2,1-4H3,(H2,15,17). The Bertz CT molecular complexity index is 399. The molecule has 0 atom stereocenters. The minimum absolute atomic E-state index is 0.443. The fraction of sp³-hybridized carbons (Fsp3) is 0.500. The summed E-state index contributed by atoms with van der Waals surface area (Å²) in [7, 11) is 0. The van der Waals surface area contributed by atoms with Crippen LogP contribution in [0.15, 0.2) is 18.2 Å². The van der Waals surface area contributed by atoms with E-state index in [4.69, 9.17) is 18.0 Å². The molecule has 0 saturated carbocycles. The Hall–Kier alpha value is -0.930. The number of benzene rings is 1. The first kappa shape index (κ1) is 14.1. The molecule has 94 valence electrons. The van der Waals surface area contributed by atoms with Crippen LogP contribution in [0, 0.1) is 13.8 Å². The van der Waals surface area contributed by atoms with Crippen LogP contribution in [0.1, 0.15) is 30.5 Å². The quantitative estimate of drug-likeness (QED) is 0.815. The summed E-state index contributed by atoms with van der Waals surface area (Å²) < 4.78 is 0. The van der Waals surface area contributed by atoms with E-state index in [2.05, 4.69) is 50.8 Å². The molecule has 0 spiro atoms. The van der Waals surface area contributed by atoms with E-state index in [0.29, 0.717) is 17.6 Å². The van der Waals surface area contributed by atoms with Crippen molar-refractivity contribution in [2.45, 2.75) is 40.3 Å². The van der Waals surface area contributed by atoms with Crippen molar-refractivity contribution >= 4 is 17.2 Å². The molecule has 0 aliphatic carbocycles. The van der Waals surface area contributed by atoms with Crippen LogP contribution in [0.3, 0.4) is 0 Å². The number of aryl methyl sites for hydroxylation is 2. The minimum atomic E-state index is 0.443. The first-order valence-electron chi connectivity index (χ1n) is 5.98. The molecule has 2 nitrogen and oxygen atoms in total. The highest BCUT2D eigenvalue weighted by atomic mass is 32.1. The second-order valence-corrected chi connectivity index (χ2v) is 5.41. The summed E-state index contributed by atoms with van der Waals surface area (Å²) in [6.07, 6.45) is 0. The van der Waals surface area contributed by atoms with Crippen LogP contribution in [-0.4, -0.2) is 22.5 Å². The van der Waals surface area contributed by atoms with Crippen molar-refractivity contribution in [3.05, 3.63) is 34.9 Å². The lowest BCUT2D eigenvalue weighted by molar-refractivity contribution is 0.245. The first-order valence-corrected chi connectivity index (χ1v) is 6.39. The molecular formula is C14H22N2S. The number of thiocarbonyl (C=S) groups is 1. The van der Waals surface area contributed by atoms with E-state index in [0.717, 1.165) is 6.54 Å². The van der Waals surface area contributed by atoms with Gasteiger partial charge in [-0.1, -0.05) is 30.4 Å². The summed E-state index contributed by atoms with van der Waals surface area (Å²) in [4.78, 5) is 2.84. The molecule has 17 heavy (non-hydrogen) atoms. The number of nitrogens with two attached hydrogens (primary N) is 1.